The molecule has 0 aromatic carbocycles. The molecule has 0 aliphatic carbocycles. The minimum absolute atomic E-state index is 0.0515. The Balaban J connectivity index is 3.35. The van der Waals surface area contributed by atoms with Gasteiger partial charge >= 0.3 is 0 Å². The highest BCUT2D eigenvalue weighted by Gasteiger charge is 2.07. The molecular weight excluding hydrogens is 206 g/mol. The van der Waals surface area contributed by atoms with E-state index in [9.17, 15) is 4.79 Å². The molecule has 4 heteroatoms. The lowest BCUT2D eigenvalue weighted by atomic mass is 10.2. The smallest absolute Gasteiger partial charge is 0.248 e. The van der Waals surface area contributed by atoms with Gasteiger partial charge in [-0.05, 0) is 25.7 Å². The molecule has 0 spiro atoms. The molecule has 0 radical (unpaired) electrons. The summed E-state index contributed by atoms with van der Waals surface area (Å²) in [4.78, 5) is 13.2. The van der Waals surface area contributed by atoms with Crippen LogP contribution >= 0.6 is 0 Å². The van der Waals surface area contributed by atoms with E-state index in [0.29, 0.717) is 6.61 Å². The maximum Gasteiger partial charge on any atom is 0.248 e. The number of ether oxygens (including phenoxy) is 1. The van der Waals surface area contributed by atoms with Crippen molar-refractivity contribution in [1.29, 1.82) is 0 Å². The third-order valence-corrected chi connectivity index (χ3v) is 2.45. The van der Waals surface area contributed by atoms with E-state index in [1.54, 1.807) is 4.90 Å². The Labute approximate surface area is 98.6 Å². The summed E-state index contributed by atoms with van der Waals surface area (Å²) < 4.78 is 5.27. The summed E-state index contributed by atoms with van der Waals surface area (Å²) >= 11 is 0. The minimum Gasteiger partial charge on any atom is -0.396 e. The van der Waals surface area contributed by atoms with Gasteiger partial charge in [-0.15, -0.1) is 0 Å². The highest BCUT2D eigenvalue weighted by molar-refractivity contribution is 5.77. The van der Waals surface area contributed by atoms with E-state index in [4.69, 9.17) is 9.84 Å². The second kappa shape index (κ2) is 10.9. The first kappa shape index (κ1) is 15.4. The summed E-state index contributed by atoms with van der Waals surface area (Å²) in [6.45, 7) is 3.94. The number of aliphatic hydroxyl groups is 1. The zero-order valence-corrected chi connectivity index (χ0v) is 10.6. The molecule has 0 unspecified atom stereocenters. The molecule has 0 saturated heterocycles. The van der Waals surface area contributed by atoms with Crippen LogP contribution in [0.1, 0.15) is 39.0 Å². The molecule has 0 fully saturated rings. The molecule has 0 aliphatic heterocycles. The van der Waals surface area contributed by atoms with Crippen LogP contribution in [0.25, 0.3) is 0 Å². The summed E-state index contributed by atoms with van der Waals surface area (Å²) in [7, 11) is 1.81. The molecule has 0 bridgehead atoms. The summed E-state index contributed by atoms with van der Waals surface area (Å²) in [5, 5.41) is 8.56. The highest BCUT2D eigenvalue weighted by Crippen LogP contribution is 1.96. The van der Waals surface area contributed by atoms with E-state index in [2.05, 4.69) is 6.92 Å². The van der Waals surface area contributed by atoms with Crippen molar-refractivity contribution in [2.24, 2.45) is 0 Å². The van der Waals surface area contributed by atoms with Crippen LogP contribution < -0.4 is 0 Å². The van der Waals surface area contributed by atoms with Gasteiger partial charge in [-0.2, -0.15) is 0 Å². The molecule has 0 aromatic heterocycles. The molecule has 0 saturated carbocycles. The van der Waals surface area contributed by atoms with E-state index >= 15 is 0 Å². The van der Waals surface area contributed by atoms with Gasteiger partial charge in [0.05, 0.1) is 0 Å². The third-order valence-electron chi connectivity index (χ3n) is 2.45. The van der Waals surface area contributed by atoms with Gasteiger partial charge in [-0.1, -0.05) is 13.3 Å². The number of aliphatic hydroxyl groups excluding tert-OH is 1. The van der Waals surface area contributed by atoms with Crippen LogP contribution in [-0.4, -0.2) is 49.3 Å². The molecule has 1 amide bonds. The van der Waals surface area contributed by atoms with Crippen molar-refractivity contribution in [3.8, 4) is 0 Å². The molecule has 0 heterocycles. The lowest BCUT2D eigenvalue weighted by Gasteiger charge is -2.16. The van der Waals surface area contributed by atoms with Gasteiger partial charge in [0.25, 0.3) is 0 Å². The maximum atomic E-state index is 11.5. The predicted molar refractivity (Wildman–Crippen MR) is 64.3 cm³/mol. The zero-order chi connectivity index (χ0) is 12.2. The molecule has 0 aliphatic rings. The van der Waals surface area contributed by atoms with Crippen LogP contribution in [0.3, 0.4) is 0 Å². The molecule has 96 valence electrons. The first-order chi connectivity index (χ1) is 7.72. The number of hydrogen-bond acceptors (Lipinski definition) is 3. The van der Waals surface area contributed by atoms with Crippen LogP contribution in [-0.2, 0) is 9.53 Å². The molecule has 16 heavy (non-hydrogen) atoms. The zero-order valence-electron chi connectivity index (χ0n) is 10.6. The largest absolute Gasteiger partial charge is 0.396 e. The van der Waals surface area contributed by atoms with E-state index in [-0.39, 0.29) is 19.1 Å². The number of carbonyl (C=O) groups is 1. The Kier molecular flexibility index (Phi) is 10.5. The Morgan fingerprint density at radius 3 is 2.62 bits per heavy atom. The van der Waals surface area contributed by atoms with Crippen LogP contribution in [0, 0.1) is 0 Å². The molecule has 0 atom stereocenters. The molecule has 0 aromatic rings. The Morgan fingerprint density at radius 2 is 2.00 bits per heavy atom. The quantitative estimate of drug-likeness (QED) is 0.579. The molecule has 1 N–H and O–H groups in total. The SMILES string of the molecule is CCCCN(C)C(=O)COCCCCCO. The first-order valence-electron chi connectivity index (χ1n) is 6.15. The Morgan fingerprint density at radius 1 is 1.25 bits per heavy atom. The summed E-state index contributed by atoms with van der Waals surface area (Å²) in [5.74, 6) is 0.0515. The summed E-state index contributed by atoms with van der Waals surface area (Å²) in [5.41, 5.74) is 0. The van der Waals surface area contributed by atoms with Gasteiger partial charge in [-0.3, -0.25) is 4.79 Å². The van der Waals surface area contributed by atoms with Crippen LogP contribution in [0.15, 0.2) is 0 Å². The fourth-order valence-corrected chi connectivity index (χ4v) is 1.28. The van der Waals surface area contributed by atoms with Crippen LogP contribution in [0.4, 0.5) is 0 Å². The number of amides is 1. The van der Waals surface area contributed by atoms with Crippen molar-refractivity contribution < 1.29 is 14.6 Å². The van der Waals surface area contributed by atoms with Crippen molar-refractivity contribution in [2.75, 3.05) is 33.4 Å². The monoisotopic (exact) mass is 231 g/mol. The van der Waals surface area contributed by atoms with Crippen LogP contribution in [0.2, 0.25) is 0 Å². The topological polar surface area (TPSA) is 49.8 Å². The lowest BCUT2D eigenvalue weighted by Crippen LogP contribution is -2.31. The maximum absolute atomic E-state index is 11.5. The van der Waals surface area contributed by atoms with E-state index in [1.165, 1.54) is 0 Å². The number of hydrogen-bond donors (Lipinski definition) is 1. The van der Waals surface area contributed by atoms with E-state index in [0.717, 1.165) is 38.6 Å². The molecule has 4 nitrogen and oxygen atoms in total. The molecular formula is C12H25NO3. The van der Waals surface area contributed by atoms with Crippen molar-refractivity contribution in [3.63, 3.8) is 0 Å². The average molecular weight is 231 g/mol. The fraction of sp³-hybridized carbons (Fsp3) is 0.917. The molecule has 0 rings (SSSR count). The lowest BCUT2D eigenvalue weighted by molar-refractivity contribution is -0.134. The van der Waals surface area contributed by atoms with Crippen molar-refractivity contribution >= 4 is 5.91 Å². The van der Waals surface area contributed by atoms with Gasteiger partial charge < -0.3 is 14.7 Å². The van der Waals surface area contributed by atoms with Gasteiger partial charge in [0.1, 0.15) is 6.61 Å². The van der Waals surface area contributed by atoms with E-state index in [1.807, 2.05) is 7.05 Å². The standard InChI is InChI=1S/C12H25NO3/c1-3-4-8-13(2)12(15)11-16-10-7-5-6-9-14/h14H,3-11H2,1-2H3. The minimum atomic E-state index is 0.0515. The summed E-state index contributed by atoms with van der Waals surface area (Å²) in [6, 6.07) is 0. The van der Waals surface area contributed by atoms with Crippen molar-refractivity contribution in [1.82, 2.24) is 4.90 Å². The number of rotatable bonds is 10. The van der Waals surface area contributed by atoms with Gasteiger partial charge in [0.15, 0.2) is 0 Å². The number of nitrogens with zero attached hydrogens (tertiary/aromatic N) is 1. The fourth-order valence-electron chi connectivity index (χ4n) is 1.28. The van der Waals surface area contributed by atoms with Gasteiger partial charge in [0.2, 0.25) is 5.91 Å². The summed E-state index contributed by atoms with van der Waals surface area (Å²) in [6.07, 6.45) is 4.81. The second-order valence-electron chi connectivity index (χ2n) is 4.01. The second-order valence-corrected chi connectivity index (χ2v) is 4.01. The number of unbranched alkanes of at least 4 members (excludes halogenated alkanes) is 3. The highest BCUT2D eigenvalue weighted by atomic mass is 16.5. The first-order valence-corrected chi connectivity index (χ1v) is 6.15. The average Bonchev–Trinajstić information content (AvgIpc) is 2.30. The van der Waals surface area contributed by atoms with Crippen molar-refractivity contribution in [3.05, 3.63) is 0 Å². The number of likely N-dealkylation sites (N-methyl/N-ethyl adjacent to an activating group) is 1. The number of carbonyl (C=O) groups excluding carboxylic acids is 1. The van der Waals surface area contributed by atoms with Gasteiger partial charge in [-0.25, -0.2) is 0 Å². The normalized spacial score (nSPS) is 10.4. The van der Waals surface area contributed by atoms with Crippen molar-refractivity contribution in [2.45, 2.75) is 39.0 Å². The van der Waals surface area contributed by atoms with Crippen LogP contribution in [0.5, 0.6) is 0 Å². The van der Waals surface area contributed by atoms with Gasteiger partial charge in [0, 0.05) is 26.8 Å². The third kappa shape index (κ3) is 8.68. The van der Waals surface area contributed by atoms with E-state index < -0.39 is 0 Å². The predicted octanol–water partition coefficient (Wildman–Crippen LogP) is 1.42. The Bertz CT molecular complexity index is 174. The Hall–Kier alpha value is -0.610.